The maximum atomic E-state index is 13.5. The van der Waals surface area contributed by atoms with Gasteiger partial charge in [0.25, 0.3) is 5.91 Å². The quantitative estimate of drug-likeness (QED) is 0.737. The van der Waals surface area contributed by atoms with Gasteiger partial charge < -0.3 is 15.6 Å². The van der Waals surface area contributed by atoms with Gasteiger partial charge in [-0.1, -0.05) is 23.2 Å². The van der Waals surface area contributed by atoms with Crippen molar-refractivity contribution in [3.05, 3.63) is 33.7 Å². The van der Waals surface area contributed by atoms with Crippen LogP contribution in [0.5, 0.6) is 0 Å². The molecule has 3 N–H and O–H groups in total. The Morgan fingerprint density at radius 3 is 2.54 bits per heavy atom. The van der Waals surface area contributed by atoms with Crippen molar-refractivity contribution in [2.75, 3.05) is 13.1 Å². The smallest absolute Gasteiger partial charge is 0.349 e. The standard InChI is InChI=1S/C14H11Cl2F4N3O/c15-9-6(17)1-2-7-8(9)10(16)11(22-7)12(24)23-4-3-13(21,5-23)14(18,19)20/h1-2,22H,3-5,21H2/t13-/m0/s1. The Kier molecular flexibility index (Phi) is 3.97. The monoisotopic (exact) mass is 383 g/mol. The average Bonchev–Trinajstić information content (AvgIpc) is 3.04. The number of likely N-dealkylation sites (tertiary alicyclic amines) is 1. The first kappa shape index (κ1) is 17.3. The largest absolute Gasteiger partial charge is 0.408 e. The number of nitrogens with zero attached hydrogens (tertiary/aromatic N) is 1. The second-order valence-electron chi connectivity index (χ2n) is 5.73. The number of aromatic nitrogens is 1. The molecule has 1 saturated heterocycles. The van der Waals surface area contributed by atoms with E-state index in [2.05, 4.69) is 4.98 Å². The van der Waals surface area contributed by atoms with Gasteiger partial charge in [0.1, 0.15) is 17.1 Å². The zero-order chi connectivity index (χ0) is 17.9. The van der Waals surface area contributed by atoms with Gasteiger partial charge in [0.05, 0.1) is 10.0 Å². The average molecular weight is 384 g/mol. The summed E-state index contributed by atoms with van der Waals surface area (Å²) in [6.07, 6.45) is -5.03. The van der Waals surface area contributed by atoms with E-state index in [1.165, 1.54) is 6.07 Å². The summed E-state index contributed by atoms with van der Waals surface area (Å²) in [5.41, 5.74) is 3.07. The molecule has 0 spiro atoms. The Labute approximate surface area is 143 Å². The van der Waals surface area contributed by atoms with E-state index in [1.54, 1.807) is 0 Å². The van der Waals surface area contributed by atoms with E-state index in [4.69, 9.17) is 28.9 Å². The number of amides is 1. The Morgan fingerprint density at radius 2 is 1.96 bits per heavy atom. The summed E-state index contributed by atoms with van der Waals surface area (Å²) in [6, 6.07) is 2.43. The lowest BCUT2D eigenvalue weighted by Gasteiger charge is -2.27. The van der Waals surface area contributed by atoms with Crippen molar-refractivity contribution in [1.29, 1.82) is 0 Å². The highest BCUT2D eigenvalue weighted by Crippen LogP contribution is 2.38. The number of alkyl halides is 3. The lowest BCUT2D eigenvalue weighted by molar-refractivity contribution is -0.181. The number of halogens is 6. The molecule has 1 aliphatic rings. The molecule has 1 fully saturated rings. The number of H-pyrrole nitrogens is 1. The highest BCUT2D eigenvalue weighted by atomic mass is 35.5. The molecule has 130 valence electrons. The summed E-state index contributed by atoms with van der Waals surface area (Å²) in [5, 5.41) is -0.297. The summed E-state index contributed by atoms with van der Waals surface area (Å²) < 4.78 is 52.4. The van der Waals surface area contributed by atoms with E-state index in [0.717, 1.165) is 11.0 Å². The number of fused-ring (bicyclic) bond motifs is 1. The molecule has 0 radical (unpaired) electrons. The molecule has 4 nitrogen and oxygen atoms in total. The molecule has 2 aromatic rings. The zero-order valence-corrected chi connectivity index (χ0v) is 13.5. The van der Waals surface area contributed by atoms with Crippen LogP contribution in [-0.4, -0.2) is 40.6 Å². The first-order valence-corrected chi connectivity index (χ1v) is 7.61. The minimum Gasteiger partial charge on any atom is -0.349 e. The Hall–Kier alpha value is -1.51. The first-order valence-electron chi connectivity index (χ1n) is 6.85. The SMILES string of the molecule is N[C@@]1(C(F)(F)F)CCN(C(=O)c2[nH]c3ccc(F)c(Cl)c3c2Cl)C1. The van der Waals surface area contributed by atoms with Crippen LogP contribution in [0.2, 0.25) is 10.0 Å². The molecule has 0 aliphatic carbocycles. The molecule has 10 heteroatoms. The summed E-state index contributed by atoms with van der Waals surface area (Å²) >= 11 is 11.9. The second-order valence-corrected chi connectivity index (χ2v) is 6.48. The number of nitrogens with one attached hydrogen (secondary N) is 1. The van der Waals surface area contributed by atoms with Crippen LogP contribution in [0.4, 0.5) is 17.6 Å². The molecular formula is C14H11Cl2F4N3O. The molecule has 24 heavy (non-hydrogen) atoms. The van der Waals surface area contributed by atoms with Crippen LogP contribution in [0.1, 0.15) is 16.9 Å². The van der Waals surface area contributed by atoms with Gasteiger partial charge in [-0.3, -0.25) is 4.79 Å². The van der Waals surface area contributed by atoms with Gasteiger partial charge in [0.15, 0.2) is 0 Å². The van der Waals surface area contributed by atoms with Crippen molar-refractivity contribution in [2.45, 2.75) is 18.1 Å². The molecule has 1 aliphatic heterocycles. The van der Waals surface area contributed by atoms with E-state index in [0.29, 0.717) is 5.52 Å². The highest BCUT2D eigenvalue weighted by molar-refractivity contribution is 6.44. The summed E-state index contributed by atoms with van der Waals surface area (Å²) in [6.45, 7) is -0.842. The lowest BCUT2D eigenvalue weighted by Crippen LogP contribution is -2.55. The second kappa shape index (κ2) is 5.50. The molecule has 0 saturated carbocycles. The van der Waals surface area contributed by atoms with Crippen LogP contribution in [0.25, 0.3) is 10.9 Å². The van der Waals surface area contributed by atoms with Crippen molar-refractivity contribution < 1.29 is 22.4 Å². The van der Waals surface area contributed by atoms with E-state index >= 15 is 0 Å². The molecular weight excluding hydrogens is 373 g/mol. The molecule has 3 rings (SSSR count). The van der Waals surface area contributed by atoms with E-state index in [9.17, 15) is 22.4 Å². The van der Waals surface area contributed by atoms with Crippen LogP contribution < -0.4 is 5.73 Å². The highest BCUT2D eigenvalue weighted by Gasteiger charge is 2.56. The predicted molar refractivity (Wildman–Crippen MR) is 81.8 cm³/mol. The summed E-state index contributed by atoms with van der Waals surface area (Å²) in [5.74, 6) is -1.47. The van der Waals surface area contributed by atoms with Gasteiger partial charge in [-0.05, 0) is 18.6 Å². The van der Waals surface area contributed by atoms with Crippen LogP contribution in [0.3, 0.4) is 0 Å². The minimum absolute atomic E-state index is 0.107. The number of benzene rings is 1. The lowest BCUT2D eigenvalue weighted by atomic mass is 10.00. The maximum Gasteiger partial charge on any atom is 0.408 e. The van der Waals surface area contributed by atoms with Crippen molar-refractivity contribution in [2.24, 2.45) is 5.73 Å². The van der Waals surface area contributed by atoms with Gasteiger partial charge in [-0.15, -0.1) is 0 Å². The summed E-state index contributed by atoms with van der Waals surface area (Å²) in [7, 11) is 0. The molecule has 1 amide bonds. The minimum atomic E-state index is -4.63. The van der Waals surface area contributed by atoms with Crippen molar-refractivity contribution in [3.63, 3.8) is 0 Å². The number of nitrogens with two attached hydrogens (primary N) is 1. The number of rotatable bonds is 1. The van der Waals surface area contributed by atoms with Gasteiger partial charge in [-0.25, -0.2) is 4.39 Å². The van der Waals surface area contributed by atoms with Crippen molar-refractivity contribution in [1.82, 2.24) is 9.88 Å². The number of carbonyl (C=O) groups is 1. The Balaban J connectivity index is 1.96. The summed E-state index contributed by atoms with van der Waals surface area (Å²) in [4.78, 5) is 16.1. The number of hydrogen-bond donors (Lipinski definition) is 2. The third-order valence-electron chi connectivity index (χ3n) is 4.16. The number of carbonyl (C=O) groups excluding carboxylic acids is 1. The van der Waals surface area contributed by atoms with Crippen LogP contribution in [0, 0.1) is 5.82 Å². The Bertz CT molecular complexity index is 836. The predicted octanol–water partition coefficient (Wildman–Crippen LogP) is 3.72. The van der Waals surface area contributed by atoms with Gasteiger partial charge in [0, 0.05) is 24.0 Å². The third kappa shape index (κ3) is 2.53. The van der Waals surface area contributed by atoms with Crippen LogP contribution >= 0.6 is 23.2 Å². The third-order valence-corrected chi connectivity index (χ3v) is 4.91. The van der Waals surface area contributed by atoms with E-state index in [-0.39, 0.29) is 27.7 Å². The van der Waals surface area contributed by atoms with E-state index < -0.39 is 36.4 Å². The van der Waals surface area contributed by atoms with Crippen LogP contribution in [-0.2, 0) is 0 Å². The normalized spacial score (nSPS) is 21.7. The van der Waals surface area contributed by atoms with Crippen molar-refractivity contribution in [3.8, 4) is 0 Å². The molecule has 1 aromatic carbocycles. The molecule has 1 atom stereocenters. The fourth-order valence-corrected chi connectivity index (χ4v) is 3.36. The van der Waals surface area contributed by atoms with Crippen LogP contribution in [0.15, 0.2) is 12.1 Å². The molecule has 0 unspecified atom stereocenters. The first-order chi connectivity index (χ1) is 11.0. The number of aromatic amines is 1. The maximum absolute atomic E-state index is 13.5. The fourth-order valence-electron chi connectivity index (χ4n) is 2.73. The molecule has 2 heterocycles. The Morgan fingerprint density at radius 1 is 1.29 bits per heavy atom. The molecule has 0 bridgehead atoms. The number of hydrogen-bond acceptors (Lipinski definition) is 2. The zero-order valence-electron chi connectivity index (χ0n) is 12.0. The topological polar surface area (TPSA) is 62.1 Å². The van der Waals surface area contributed by atoms with Crippen molar-refractivity contribution >= 4 is 40.0 Å². The van der Waals surface area contributed by atoms with E-state index in [1.807, 2.05) is 0 Å². The molecule has 1 aromatic heterocycles. The van der Waals surface area contributed by atoms with Gasteiger partial charge in [0.2, 0.25) is 0 Å². The fraction of sp³-hybridized carbons (Fsp3) is 0.357. The van der Waals surface area contributed by atoms with Gasteiger partial charge in [-0.2, -0.15) is 13.2 Å². The van der Waals surface area contributed by atoms with Gasteiger partial charge >= 0.3 is 6.18 Å².